The number of benzene rings is 1. The first-order chi connectivity index (χ1) is 6.68. The van der Waals surface area contributed by atoms with Gasteiger partial charge in [0, 0.05) is 17.8 Å². The summed E-state index contributed by atoms with van der Waals surface area (Å²) in [6.45, 7) is 0.829. The van der Waals surface area contributed by atoms with Crippen LogP contribution in [0.2, 0.25) is 0 Å². The van der Waals surface area contributed by atoms with Crippen LogP contribution in [0.15, 0.2) is 12.1 Å². The molecule has 74 valence electrons. The number of fused-ring (bicyclic) bond motifs is 1. The summed E-state index contributed by atoms with van der Waals surface area (Å²) in [6, 6.07) is 2.87. The lowest BCUT2D eigenvalue weighted by Crippen LogP contribution is -2.13. The second-order valence-electron chi connectivity index (χ2n) is 3.36. The molecular weight excluding hydrogens is 182 g/mol. The van der Waals surface area contributed by atoms with E-state index in [1.807, 2.05) is 0 Å². The van der Waals surface area contributed by atoms with Gasteiger partial charge in [0.05, 0.1) is 5.56 Å². The van der Waals surface area contributed by atoms with Crippen molar-refractivity contribution in [3.63, 3.8) is 0 Å². The third-order valence-corrected chi connectivity index (χ3v) is 2.39. The SMILES string of the molecule is O=C(O)c1cc(O)c2c(c1)NCCC2. The molecule has 1 aromatic rings. The van der Waals surface area contributed by atoms with Gasteiger partial charge in [0.2, 0.25) is 0 Å². The molecule has 0 spiro atoms. The van der Waals surface area contributed by atoms with Gasteiger partial charge in [-0.1, -0.05) is 0 Å². The second-order valence-corrected chi connectivity index (χ2v) is 3.36. The summed E-state index contributed by atoms with van der Waals surface area (Å²) in [5, 5.41) is 21.4. The summed E-state index contributed by atoms with van der Waals surface area (Å²) >= 11 is 0. The fourth-order valence-corrected chi connectivity index (χ4v) is 1.69. The average molecular weight is 193 g/mol. The third-order valence-electron chi connectivity index (χ3n) is 2.39. The Bertz CT molecular complexity index is 387. The Morgan fingerprint density at radius 2 is 2.21 bits per heavy atom. The van der Waals surface area contributed by atoms with Crippen LogP contribution in [0.5, 0.6) is 5.75 Å². The first-order valence-electron chi connectivity index (χ1n) is 4.51. The number of hydrogen-bond donors (Lipinski definition) is 3. The Morgan fingerprint density at radius 3 is 2.93 bits per heavy atom. The Hall–Kier alpha value is -1.71. The van der Waals surface area contributed by atoms with E-state index in [0.717, 1.165) is 30.6 Å². The molecule has 0 saturated heterocycles. The van der Waals surface area contributed by atoms with Gasteiger partial charge in [-0.3, -0.25) is 0 Å². The Morgan fingerprint density at radius 1 is 1.43 bits per heavy atom. The molecule has 0 radical (unpaired) electrons. The van der Waals surface area contributed by atoms with Crippen LogP contribution in [-0.2, 0) is 6.42 Å². The molecule has 4 heteroatoms. The lowest BCUT2D eigenvalue weighted by molar-refractivity contribution is 0.0696. The summed E-state index contributed by atoms with van der Waals surface area (Å²) in [4.78, 5) is 10.7. The second kappa shape index (κ2) is 3.21. The van der Waals surface area contributed by atoms with E-state index >= 15 is 0 Å². The van der Waals surface area contributed by atoms with Gasteiger partial charge in [-0.2, -0.15) is 0 Å². The van der Waals surface area contributed by atoms with Gasteiger partial charge in [0.25, 0.3) is 0 Å². The molecule has 0 fully saturated rings. The Labute approximate surface area is 81.2 Å². The minimum absolute atomic E-state index is 0.0760. The van der Waals surface area contributed by atoms with Crippen LogP contribution in [0.3, 0.4) is 0 Å². The van der Waals surface area contributed by atoms with Crippen molar-refractivity contribution in [3.8, 4) is 5.75 Å². The van der Waals surface area contributed by atoms with Crippen molar-refractivity contribution in [1.82, 2.24) is 0 Å². The number of carboxylic acids is 1. The van der Waals surface area contributed by atoms with Crippen LogP contribution < -0.4 is 5.32 Å². The normalized spacial score (nSPS) is 14.3. The number of phenols is 1. The average Bonchev–Trinajstić information content (AvgIpc) is 2.17. The number of phenolic OH excluding ortho intramolecular Hbond substituents is 1. The van der Waals surface area contributed by atoms with Crippen LogP contribution >= 0.6 is 0 Å². The van der Waals surface area contributed by atoms with Crippen LogP contribution in [-0.4, -0.2) is 22.7 Å². The predicted molar refractivity (Wildman–Crippen MR) is 51.9 cm³/mol. The molecule has 0 unspecified atom stereocenters. The van der Waals surface area contributed by atoms with Gasteiger partial charge in [0.15, 0.2) is 0 Å². The number of anilines is 1. The van der Waals surface area contributed by atoms with E-state index in [1.54, 1.807) is 6.07 Å². The number of carboxylic acid groups (broad SMARTS) is 1. The minimum atomic E-state index is -1.02. The molecule has 0 bridgehead atoms. The Balaban J connectivity index is 2.51. The third kappa shape index (κ3) is 1.39. The molecule has 0 saturated carbocycles. The Kier molecular flexibility index (Phi) is 2.04. The van der Waals surface area contributed by atoms with Gasteiger partial charge < -0.3 is 15.5 Å². The van der Waals surface area contributed by atoms with Crippen LogP contribution in [0.25, 0.3) is 0 Å². The van der Waals surface area contributed by atoms with E-state index in [4.69, 9.17) is 5.11 Å². The molecule has 0 aromatic heterocycles. The summed E-state index contributed by atoms with van der Waals surface area (Å²) in [5.74, 6) is -0.942. The zero-order valence-electron chi connectivity index (χ0n) is 7.58. The highest BCUT2D eigenvalue weighted by Crippen LogP contribution is 2.31. The molecule has 0 atom stereocenters. The van der Waals surface area contributed by atoms with E-state index < -0.39 is 5.97 Å². The topological polar surface area (TPSA) is 69.6 Å². The van der Waals surface area contributed by atoms with E-state index in [2.05, 4.69) is 5.32 Å². The maximum absolute atomic E-state index is 10.7. The van der Waals surface area contributed by atoms with Gasteiger partial charge >= 0.3 is 5.97 Å². The summed E-state index contributed by atoms with van der Waals surface area (Å²) in [7, 11) is 0. The van der Waals surface area contributed by atoms with E-state index in [1.165, 1.54) is 6.07 Å². The predicted octanol–water partition coefficient (Wildman–Crippen LogP) is 1.45. The summed E-state index contributed by atoms with van der Waals surface area (Å²) < 4.78 is 0. The standard InChI is InChI=1S/C10H11NO3/c12-9-5-6(10(13)14)4-8-7(9)2-1-3-11-8/h4-5,11-12H,1-3H2,(H,13,14). The molecule has 1 aliphatic heterocycles. The van der Waals surface area contributed by atoms with Crippen molar-refractivity contribution in [2.24, 2.45) is 0 Å². The number of aromatic carboxylic acids is 1. The zero-order valence-corrected chi connectivity index (χ0v) is 7.58. The lowest BCUT2D eigenvalue weighted by atomic mass is 10.00. The monoisotopic (exact) mass is 193 g/mol. The smallest absolute Gasteiger partial charge is 0.335 e. The van der Waals surface area contributed by atoms with Gasteiger partial charge in [-0.15, -0.1) is 0 Å². The van der Waals surface area contributed by atoms with Gasteiger partial charge in [0.1, 0.15) is 5.75 Å². The van der Waals surface area contributed by atoms with Crippen molar-refractivity contribution in [1.29, 1.82) is 0 Å². The van der Waals surface area contributed by atoms with Gasteiger partial charge in [-0.25, -0.2) is 4.79 Å². The van der Waals surface area contributed by atoms with Crippen LogP contribution in [0, 0.1) is 0 Å². The molecule has 0 aliphatic carbocycles. The van der Waals surface area contributed by atoms with Crippen molar-refractivity contribution >= 4 is 11.7 Å². The fraction of sp³-hybridized carbons (Fsp3) is 0.300. The molecule has 1 aromatic carbocycles. The van der Waals surface area contributed by atoms with Crippen molar-refractivity contribution in [2.75, 3.05) is 11.9 Å². The number of rotatable bonds is 1. The number of aromatic hydroxyl groups is 1. The first-order valence-corrected chi connectivity index (χ1v) is 4.51. The number of nitrogens with one attached hydrogen (secondary N) is 1. The molecule has 4 nitrogen and oxygen atoms in total. The number of hydrogen-bond acceptors (Lipinski definition) is 3. The fourth-order valence-electron chi connectivity index (χ4n) is 1.69. The van der Waals surface area contributed by atoms with E-state index in [-0.39, 0.29) is 11.3 Å². The first kappa shape index (κ1) is 8.87. The van der Waals surface area contributed by atoms with Crippen molar-refractivity contribution < 1.29 is 15.0 Å². The molecule has 1 heterocycles. The van der Waals surface area contributed by atoms with Crippen LogP contribution in [0.1, 0.15) is 22.3 Å². The van der Waals surface area contributed by atoms with Crippen molar-refractivity contribution in [3.05, 3.63) is 23.3 Å². The number of carbonyl (C=O) groups is 1. The lowest BCUT2D eigenvalue weighted by Gasteiger charge is -2.19. The molecule has 0 amide bonds. The molecule has 14 heavy (non-hydrogen) atoms. The highest BCUT2D eigenvalue weighted by Gasteiger charge is 2.16. The highest BCUT2D eigenvalue weighted by atomic mass is 16.4. The summed E-state index contributed by atoms with van der Waals surface area (Å²) in [6.07, 6.45) is 1.76. The van der Waals surface area contributed by atoms with Crippen LogP contribution in [0.4, 0.5) is 5.69 Å². The maximum atomic E-state index is 10.7. The molecule has 3 N–H and O–H groups in total. The van der Waals surface area contributed by atoms with Crippen molar-refractivity contribution in [2.45, 2.75) is 12.8 Å². The molecule has 2 rings (SSSR count). The molecule has 1 aliphatic rings. The highest BCUT2D eigenvalue weighted by molar-refractivity contribution is 5.90. The maximum Gasteiger partial charge on any atom is 0.335 e. The minimum Gasteiger partial charge on any atom is -0.508 e. The largest absolute Gasteiger partial charge is 0.508 e. The van der Waals surface area contributed by atoms with E-state index in [0.29, 0.717) is 0 Å². The van der Waals surface area contributed by atoms with Gasteiger partial charge in [-0.05, 0) is 25.0 Å². The molecular formula is C10H11NO3. The van der Waals surface area contributed by atoms with E-state index in [9.17, 15) is 9.90 Å². The zero-order chi connectivity index (χ0) is 10.1. The summed E-state index contributed by atoms with van der Waals surface area (Å²) in [5.41, 5.74) is 1.69. The quantitative estimate of drug-likeness (QED) is 0.631.